The van der Waals surface area contributed by atoms with Gasteiger partial charge in [-0.05, 0) is 19.1 Å². The lowest BCUT2D eigenvalue weighted by molar-refractivity contribution is -0.163. The van der Waals surface area contributed by atoms with Crippen molar-refractivity contribution in [1.82, 2.24) is 8.87 Å². The van der Waals surface area contributed by atoms with Crippen LogP contribution >= 0.6 is 0 Å². The molecule has 1 aromatic carbocycles. The molecular weight excluding hydrogens is 325 g/mol. The highest BCUT2D eigenvalue weighted by molar-refractivity contribution is 7.89. The second kappa shape index (κ2) is 5.13. The lowest BCUT2D eigenvalue weighted by atomic mass is 10.2. The van der Waals surface area contributed by atoms with Crippen molar-refractivity contribution in [2.45, 2.75) is 24.0 Å². The summed E-state index contributed by atoms with van der Waals surface area (Å²) in [6.07, 6.45) is -4.63. The zero-order valence-corrected chi connectivity index (χ0v) is 12.7. The fourth-order valence-electron chi connectivity index (χ4n) is 1.90. The van der Waals surface area contributed by atoms with E-state index in [9.17, 15) is 26.4 Å². The smallest absolute Gasteiger partial charge is 0.408 e. The zero-order valence-electron chi connectivity index (χ0n) is 11.9. The van der Waals surface area contributed by atoms with Crippen LogP contribution in [0.15, 0.2) is 32.3 Å². The molecule has 0 spiro atoms. The first kappa shape index (κ1) is 16.6. The topological polar surface area (TPSA) is 72.5 Å². The Kier molecular flexibility index (Phi) is 3.86. The number of aromatic nitrogens is 1. The van der Waals surface area contributed by atoms with Gasteiger partial charge in [-0.1, -0.05) is 0 Å². The van der Waals surface area contributed by atoms with E-state index >= 15 is 0 Å². The molecular formula is C12H13F3N2O4S. The number of fused-ring (bicyclic) bond motifs is 1. The molecule has 0 N–H and O–H groups in total. The van der Waals surface area contributed by atoms with Gasteiger partial charge in [0.2, 0.25) is 10.0 Å². The Balaban J connectivity index is 2.68. The minimum atomic E-state index is -4.63. The van der Waals surface area contributed by atoms with Crippen LogP contribution in [0.4, 0.5) is 13.2 Å². The van der Waals surface area contributed by atoms with Crippen molar-refractivity contribution in [2.24, 2.45) is 0 Å². The predicted molar refractivity (Wildman–Crippen MR) is 72.1 cm³/mol. The molecule has 0 amide bonds. The molecule has 6 nitrogen and oxygen atoms in total. The third-order valence-corrected chi connectivity index (χ3v) is 5.04. The molecule has 122 valence electrons. The Morgan fingerprint density at radius 2 is 1.86 bits per heavy atom. The van der Waals surface area contributed by atoms with Gasteiger partial charge in [0.25, 0.3) is 0 Å². The molecule has 0 radical (unpaired) electrons. The van der Waals surface area contributed by atoms with Gasteiger partial charge in [0, 0.05) is 20.2 Å². The van der Waals surface area contributed by atoms with Crippen molar-refractivity contribution in [3.05, 3.63) is 28.7 Å². The second-order valence-corrected chi connectivity index (χ2v) is 7.02. The van der Waals surface area contributed by atoms with E-state index in [-0.39, 0.29) is 16.0 Å². The maximum atomic E-state index is 12.8. The molecule has 0 saturated carbocycles. The summed E-state index contributed by atoms with van der Waals surface area (Å²) in [5.41, 5.74) is -0.337. The van der Waals surface area contributed by atoms with Crippen LogP contribution in [0, 0.1) is 0 Å². The standard InChI is InChI=1S/C12H13F3N2O4S/c1-7(12(13,14)15)17-9-5-4-8(22(19,20)16(2)3)6-10(9)21-11(17)18/h4-7H,1-3H3. The van der Waals surface area contributed by atoms with Crippen molar-refractivity contribution in [3.8, 4) is 0 Å². The summed E-state index contributed by atoms with van der Waals surface area (Å²) in [6.45, 7) is 0.820. The maximum absolute atomic E-state index is 12.8. The van der Waals surface area contributed by atoms with Crippen LogP contribution in [0.3, 0.4) is 0 Å². The van der Waals surface area contributed by atoms with Crippen molar-refractivity contribution >= 4 is 21.1 Å². The van der Waals surface area contributed by atoms with Crippen molar-refractivity contribution in [3.63, 3.8) is 0 Å². The summed E-state index contributed by atoms with van der Waals surface area (Å²) in [4.78, 5) is 11.5. The average molecular weight is 338 g/mol. The predicted octanol–water partition coefficient (Wildman–Crippen LogP) is 1.97. The molecule has 22 heavy (non-hydrogen) atoms. The molecule has 1 atom stereocenters. The third kappa shape index (κ3) is 2.63. The monoisotopic (exact) mass is 338 g/mol. The summed E-state index contributed by atoms with van der Waals surface area (Å²) in [6, 6.07) is 1.20. The molecule has 0 aliphatic heterocycles. The summed E-state index contributed by atoms with van der Waals surface area (Å²) < 4.78 is 68.5. The molecule has 1 heterocycles. The van der Waals surface area contributed by atoms with Gasteiger partial charge in [-0.3, -0.25) is 4.57 Å². The Morgan fingerprint density at radius 3 is 2.36 bits per heavy atom. The van der Waals surface area contributed by atoms with Crippen LogP contribution in [0.1, 0.15) is 13.0 Å². The Bertz CT molecular complexity index is 865. The number of benzene rings is 1. The van der Waals surface area contributed by atoms with E-state index in [0.717, 1.165) is 29.4 Å². The fraction of sp³-hybridized carbons (Fsp3) is 0.417. The number of hydrogen-bond acceptors (Lipinski definition) is 4. The average Bonchev–Trinajstić information content (AvgIpc) is 2.71. The number of hydrogen-bond donors (Lipinski definition) is 0. The molecule has 0 aliphatic carbocycles. The first-order chi connectivity index (χ1) is 9.96. The number of alkyl halides is 3. The van der Waals surface area contributed by atoms with E-state index < -0.39 is 28.0 Å². The van der Waals surface area contributed by atoms with Gasteiger partial charge in [-0.2, -0.15) is 13.2 Å². The van der Waals surface area contributed by atoms with Crippen molar-refractivity contribution in [2.75, 3.05) is 14.1 Å². The van der Waals surface area contributed by atoms with Crippen LogP contribution in [-0.2, 0) is 10.0 Å². The quantitative estimate of drug-likeness (QED) is 0.858. The maximum Gasteiger partial charge on any atom is 0.420 e. The van der Waals surface area contributed by atoms with Gasteiger partial charge in [0.05, 0.1) is 10.4 Å². The minimum Gasteiger partial charge on any atom is -0.408 e. The SMILES string of the molecule is CC(n1c(=O)oc2cc(S(=O)(=O)N(C)C)ccc21)C(F)(F)F. The summed E-state index contributed by atoms with van der Waals surface area (Å²) in [7, 11) is -1.16. The zero-order chi connectivity index (χ0) is 16.9. The van der Waals surface area contributed by atoms with Gasteiger partial charge in [0.15, 0.2) is 5.58 Å². The Labute approximate surface area is 123 Å². The highest BCUT2D eigenvalue weighted by Gasteiger charge is 2.39. The first-order valence-electron chi connectivity index (χ1n) is 6.10. The normalized spacial score (nSPS) is 14.7. The number of nitrogens with zero attached hydrogens (tertiary/aromatic N) is 2. The molecule has 1 aromatic heterocycles. The number of rotatable bonds is 3. The van der Waals surface area contributed by atoms with Gasteiger partial charge in [-0.25, -0.2) is 17.5 Å². The van der Waals surface area contributed by atoms with Crippen LogP contribution in [0.5, 0.6) is 0 Å². The molecule has 10 heteroatoms. The van der Waals surface area contributed by atoms with E-state index in [1.807, 2.05) is 0 Å². The van der Waals surface area contributed by atoms with Gasteiger partial charge in [0.1, 0.15) is 6.04 Å². The van der Waals surface area contributed by atoms with E-state index in [1.54, 1.807) is 0 Å². The molecule has 0 bridgehead atoms. The largest absolute Gasteiger partial charge is 0.420 e. The molecule has 0 aliphatic rings. The lowest BCUT2D eigenvalue weighted by Crippen LogP contribution is -2.29. The Hall–Kier alpha value is -1.81. The van der Waals surface area contributed by atoms with Crippen LogP contribution in [0.25, 0.3) is 11.1 Å². The lowest BCUT2D eigenvalue weighted by Gasteiger charge is -2.16. The molecule has 0 saturated heterocycles. The van der Waals surface area contributed by atoms with E-state index in [1.165, 1.54) is 14.1 Å². The van der Waals surface area contributed by atoms with Crippen LogP contribution < -0.4 is 5.76 Å². The molecule has 1 unspecified atom stereocenters. The first-order valence-corrected chi connectivity index (χ1v) is 7.54. The number of sulfonamides is 1. The van der Waals surface area contributed by atoms with Crippen LogP contribution in [0.2, 0.25) is 0 Å². The highest BCUT2D eigenvalue weighted by atomic mass is 32.2. The highest BCUT2D eigenvalue weighted by Crippen LogP contribution is 2.32. The third-order valence-electron chi connectivity index (χ3n) is 3.22. The second-order valence-electron chi connectivity index (χ2n) is 4.87. The summed E-state index contributed by atoms with van der Waals surface area (Å²) in [5.74, 6) is -1.20. The van der Waals surface area contributed by atoms with Gasteiger partial charge >= 0.3 is 11.9 Å². The summed E-state index contributed by atoms with van der Waals surface area (Å²) >= 11 is 0. The molecule has 2 aromatic rings. The molecule has 0 fully saturated rings. The minimum absolute atomic E-state index is 0.118. The van der Waals surface area contributed by atoms with Crippen molar-refractivity contribution < 1.29 is 26.0 Å². The van der Waals surface area contributed by atoms with Gasteiger partial charge < -0.3 is 4.42 Å². The Morgan fingerprint density at radius 1 is 1.27 bits per heavy atom. The van der Waals surface area contributed by atoms with E-state index in [0.29, 0.717) is 4.57 Å². The van der Waals surface area contributed by atoms with E-state index in [4.69, 9.17) is 4.42 Å². The number of halogens is 3. The molecule has 2 rings (SSSR count). The van der Waals surface area contributed by atoms with Crippen molar-refractivity contribution in [1.29, 1.82) is 0 Å². The van der Waals surface area contributed by atoms with Crippen LogP contribution in [-0.4, -0.2) is 37.6 Å². The fourth-order valence-corrected chi connectivity index (χ4v) is 2.82. The van der Waals surface area contributed by atoms with E-state index in [2.05, 4.69) is 0 Å². The summed E-state index contributed by atoms with van der Waals surface area (Å²) in [5, 5.41) is 0. The van der Waals surface area contributed by atoms with Gasteiger partial charge in [-0.15, -0.1) is 0 Å². The number of oxazole rings is 1.